The van der Waals surface area contributed by atoms with Gasteiger partial charge in [-0.2, -0.15) is 25.0 Å². The Bertz CT molecular complexity index is 726. The van der Waals surface area contributed by atoms with Crippen molar-refractivity contribution in [3.8, 4) is 5.95 Å². The Morgan fingerprint density at radius 2 is 2.19 bits per heavy atom. The van der Waals surface area contributed by atoms with E-state index in [1.807, 2.05) is 0 Å². The molecule has 3 aromatic heterocycles. The van der Waals surface area contributed by atoms with Gasteiger partial charge >= 0.3 is 0 Å². The lowest BCUT2D eigenvalue weighted by Crippen LogP contribution is -2.12. The topological polar surface area (TPSA) is 107 Å². The lowest BCUT2D eigenvalue weighted by atomic mass is 10.4. The van der Waals surface area contributed by atoms with Crippen LogP contribution in [0.2, 0.25) is 5.28 Å². The van der Waals surface area contributed by atoms with Crippen LogP contribution < -0.4 is 5.32 Å². The minimum absolute atomic E-state index is 0.0911. The monoisotopic (exact) mass is 306 g/mol. The van der Waals surface area contributed by atoms with Crippen LogP contribution >= 0.6 is 11.6 Å². The molecular formula is C11H11ClN8O. The first-order chi connectivity index (χ1) is 10.2. The molecule has 0 aliphatic carbocycles. The van der Waals surface area contributed by atoms with E-state index in [-0.39, 0.29) is 5.28 Å². The molecule has 0 radical (unpaired) electrons. The fourth-order valence-electron chi connectivity index (χ4n) is 1.64. The first-order valence-corrected chi connectivity index (χ1v) is 6.53. The Morgan fingerprint density at radius 3 is 2.90 bits per heavy atom. The highest BCUT2D eigenvalue weighted by Gasteiger charge is 2.07. The average Bonchev–Trinajstić information content (AvgIpc) is 3.10. The third kappa shape index (κ3) is 3.31. The van der Waals surface area contributed by atoms with E-state index in [1.165, 1.54) is 4.68 Å². The van der Waals surface area contributed by atoms with Crippen molar-refractivity contribution in [1.82, 2.24) is 34.9 Å². The molecule has 1 N–H and O–H groups in total. The molecule has 0 fully saturated rings. The molecule has 0 bridgehead atoms. The van der Waals surface area contributed by atoms with Crippen molar-refractivity contribution >= 4 is 17.5 Å². The Hall–Kier alpha value is -2.55. The van der Waals surface area contributed by atoms with Crippen LogP contribution in [0.25, 0.3) is 5.95 Å². The summed E-state index contributed by atoms with van der Waals surface area (Å²) in [7, 11) is 0. The number of rotatable bonds is 5. The predicted octanol–water partition coefficient (Wildman–Crippen LogP) is 1.06. The van der Waals surface area contributed by atoms with Crippen LogP contribution in [0.5, 0.6) is 0 Å². The number of nitrogens with one attached hydrogen (secondary N) is 1. The van der Waals surface area contributed by atoms with Gasteiger partial charge in [0, 0.05) is 32.3 Å². The number of hydrogen-bond acceptors (Lipinski definition) is 8. The van der Waals surface area contributed by atoms with Crippen molar-refractivity contribution in [3.63, 3.8) is 0 Å². The maximum Gasteiger partial charge on any atom is 0.256 e. The predicted molar refractivity (Wildman–Crippen MR) is 73.2 cm³/mol. The lowest BCUT2D eigenvalue weighted by molar-refractivity contribution is 0.387. The zero-order chi connectivity index (χ0) is 14.7. The zero-order valence-electron chi connectivity index (χ0n) is 11.1. The molecule has 0 atom stereocenters. The Labute approximate surface area is 124 Å². The van der Waals surface area contributed by atoms with Gasteiger partial charge < -0.3 is 9.84 Å². The molecule has 0 saturated carbocycles. The minimum atomic E-state index is 0.0911. The lowest BCUT2D eigenvalue weighted by Gasteiger charge is -2.05. The number of aryl methyl sites for hydroxylation is 1. The SMILES string of the molecule is Cc1nc(CCNc2nc(Cl)nc(-n3cccn3)n2)no1. The van der Waals surface area contributed by atoms with Gasteiger partial charge in [0.2, 0.25) is 17.1 Å². The van der Waals surface area contributed by atoms with Gasteiger partial charge in [-0.25, -0.2) is 4.68 Å². The average molecular weight is 307 g/mol. The Kier molecular flexibility index (Phi) is 3.73. The number of aromatic nitrogens is 7. The first kappa shape index (κ1) is 13.4. The zero-order valence-corrected chi connectivity index (χ0v) is 11.8. The summed E-state index contributed by atoms with van der Waals surface area (Å²) in [6.07, 6.45) is 3.93. The van der Waals surface area contributed by atoms with E-state index in [4.69, 9.17) is 16.1 Å². The molecule has 10 heteroatoms. The van der Waals surface area contributed by atoms with Gasteiger partial charge in [-0.05, 0) is 17.7 Å². The van der Waals surface area contributed by atoms with Crippen LogP contribution in [0.4, 0.5) is 5.95 Å². The Balaban J connectivity index is 1.68. The summed E-state index contributed by atoms with van der Waals surface area (Å²) in [4.78, 5) is 16.4. The minimum Gasteiger partial charge on any atom is -0.354 e. The summed E-state index contributed by atoms with van der Waals surface area (Å²) >= 11 is 5.88. The molecule has 3 heterocycles. The van der Waals surface area contributed by atoms with Gasteiger partial charge in [0.25, 0.3) is 5.95 Å². The molecule has 0 aliphatic rings. The van der Waals surface area contributed by atoms with Crippen molar-refractivity contribution in [1.29, 1.82) is 0 Å². The van der Waals surface area contributed by atoms with Crippen LogP contribution in [-0.4, -0.2) is 41.4 Å². The van der Waals surface area contributed by atoms with Crippen LogP contribution in [0, 0.1) is 6.92 Å². The highest BCUT2D eigenvalue weighted by molar-refractivity contribution is 6.28. The smallest absolute Gasteiger partial charge is 0.256 e. The van der Waals surface area contributed by atoms with Gasteiger partial charge in [0.05, 0.1) is 0 Å². The number of hydrogen-bond donors (Lipinski definition) is 1. The first-order valence-electron chi connectivity index (χ1n) is 6.15. The van der Waals surface area contributed by atoms with Gasteiger partial charge in [-0.15, -0.1) is 0 Å². The van der Waals surface area contributed by atoms with Crippen molar-refractivity contribution in [2.75, 3.05) is 11.9 Å². The molecule has 0 aromatic carbocycles. The highest BCUT2D eigenvalue weighted by Crippen LogP contribution is 2.09. The molecule has 3 aromatic rings. The van der Waals surface area contributed by atoms with Gasteiger partial charge in [-0.1, -0.05) is 5.16 Å². The van der Waals surface area contributed by atoms with Crippen molar-refractivity contribution in [3.05, 3.63) is 35.5 Å². The summed E-state index contributed by atoms with van der Waals surface area (Å²) in [6.45, 7) is 2.28. The van der Waals surface area contributed by atoms with Gasteiger partial charge in [0.1, 0.15) is 0 Å². The Morgan fingerprint density at radius 1 is 1.29 bits per heavy atom. The standard InChI is InChI=1S/C11H11ClN8O/c1-7-15-8(19-21-7)3-5-13-10-16-9(12)17-11(18-10)20-6-2-4-14-20/h2,4,6H,3,5H2,1H3,(H,13,16,17,18). The molecule has 0 saturated heterocycles. The quantitative estimate of drug-likeness (QED) is 0.745. The van der Waals surface area contributed by atoms with E-state index >= 15 is 0 Å². The second-order valence-corrected chi connectivity index (χ2v) is 4.42. The van der Waals surface area contributed by atoms with Gasteiger partial charge in [0.15, 0.2) is 5.82 Å². The van der Waals surface area contributed by atoms with Crippen molar-refractivity contribution in [2.24, 2.45) is 0 Å². The molecule has 21 heavy (non-hydrogen) atoms. The summed E-state index contributed by atoms with van der Waals surface area (Å²) in [5.41, 5.74) is 0. The molecule has 0 spiro atoms. The van der Waals surface area contributed by atoms with E-state index < -0.39 is 0 Å². The number of halogens is 1. The molecule has 0 aliphatic heterocycles. The fraction of sp³-hybridized carbons (Fsp3) is 0.273. The van der Waals surface area contributed by atoms with Crippen molar-refractivity contribution < 1.29 is 4.52 Å². The van der Waals surface area contributed by atoms with E-state index in [1.54, 1.807) is 25.4 Å². The van der Waals surface area contributed by atoms with Crippen LogP contribution in [0.1, 0.15) is 11.7 Å². The maximum atomic E-state index is 5.88. The van der Waals surface area contributed by atoms with E-state index in [0.29, 0.717) is 36.6 Å². The second-order valence-electron chi connectivity index (χ2n) is 4.09. The second kappa shape index (κ2) is 5.83. The summed E-state index contributed by atoms with van der Waals surface area (Å²) in [5.74, 6) is 1.86. The molecule has 108 valence electrons. The van der Waals surface area contributed by atoms with Crippen LogP contribution in [0.3, 0.4) is 0 Å². The fourth-order valence-corrected chi connectivity index (χ4v) is 1.79. The maximum absolute atomic E-state index is 5.88. The summed E-state index contributed by atoms with van der Waals surface area (Å²) in [5, 5.41) is 11.0. The summed E-state index contributed by atoms with van der Waals surface area (Å²) in [6, 6.07) is 1.77. The van der Waals surface area contributed by atoms with E-state index in [9.17, 15) is 0 Å². The third-order valence-corrected chi connectivity index (χ3v) is 2.68. The molecule has 9 nitrogen and oxygen atoms in total. The normalized spacial score (nSPS) is 10.8. The molecule has 0 unspecified atom stereocenters. The largest absolute Gasteiger partial charge is 0.354 e. The highest BCUT2D eigenvalue weighted by atomic mass is 35.5. The molecule has 0 amide bonds. The molecular weight excluding hydrogens is 296 g/mol. The third-order valence-electron chi connectivity index (χ3n) is 2.51. The number of anilines is 1. The molecule has 3 rings (SSSR count). The summed E-state index contributed by atoms with van der Waals surface area (Å²) < 4.78 is 6.39. The van der Waals surface area contributed by atoms with Gasteiger partial charge in [-0.3, -0.25) is 0 Å². The van der Waals surface area contributed by atoms with Crippen LogP contribution in [0.15, 0.2) is 23.0 Å². The van der Waals surface area contributed by atoms with Crippen molar-refractivity contribution in [2.45, 2.75) is 13.3 Å². The van der Waals surface area contributed by atoms with E-state index in [2.05, 4.69) is 35.5 Å². The van der Waals surface area contributed by atoms with E-state index in [0.717, 1.165) is 0 Å². The number of nitrogens with zero attached hydrogens (tertiary/aromatic N) is 7. The van der Waals surface area contributed by atoms with Crippen LogP contribution in [-0.2, 0) is 6.42 Å².